The molecule has 0 fully saturated rings. The van der Waals surface area contributed by atoms with Gasteiger partial charge in [0, 0.05) is 19.3 Å². The highest BCUT2D eigenvalue weighted by Gasteiger charge is 2.19. The molecule has 0 aliphatic rings. The molecule has 6 nitrogen and oxygen atoms in total. The Morgan fingerprint density at radius 2 is 0.470 bits per heavy atom. The summed E-state index contributed by atoms with van der Waals surface area (Å²) in [6, 6.07) is 0. The molecule has 0 saturated carbocycles. The molecule has 0 aliphatic carbocycles. The summed E-state index contributed by atoms with van der Waals surface area (Å²) < 4.78 is 17.0. The Hall–Kier alpha value is -4.45. The normalized spacial score (nSPS) is 13.0. The van der Waals surface area contributed by atoms with Crippen LogP contribution in [0.1, 0.15) is 316 Å². The van der Waals surface area contributed by atoms with Crippen LogP contribution in [0.15, 0.2) is 134 Å². The van der Waals surface area contributed by atoms with E-state index in [1.54, 1.807) is 0 Å². The van der Waals surface area contributed by atoms with Gasteiger partial charge in [-0.2, -0.15) is 0 Å². The van der Waals surface area contributed by atoms with Crippen LogP contribution < -0.4 is 0 Å². The molecular formula is C77H128O6. The number of ether oxygens (including phenoxy) is 3. The van der Waals surface area contributed by atoms with Crippen LogP contribution in [0.25, 0.3) is 0 Å². The van der Waals surface area contributed by atoms with Crippen LogP contribution in [0, 0.1) is 0 Å². The second kappa shape index (κ2) is 70.0. The maximum absolute atomic E-state index is 13.0. The van der Waals surface area contributed by atoms with E-state index >= 15 is 0 Å². The summed E-state index contributed by atoms with van der Waals surface area (Å²) in [4.78, 5) is 38.5. The fraction of sp³-hybridized carbons (Fsp3) is 0.675. The summed E-state index contributed by atoms with van der Waals surface area (Å²) in [6.07, 6.45) is 98.9. The molecule has 0 rings (SSSR count). The van der Waals surface area contributed by atoms with Crippen molar-refractivity contribution < 1.29 is 28.6 Å². The second-order valence-corrected chi connectivity index (χ2v) is 22.7. The number of carbonyl (C=O) groups excluding carboxylic acids is 3. The highest BCUT2D eigenvalue weighted by Crippen LogP contribution is 2.16. The molecule has 1 atom stereocenters. The lowest BCUT2D eigenvalue weighted by atomic mass is 10.0. The SMILES string of the molecule is CC/C=C\C/C=C\C/C=C\C/C=C\C/C=C\CCCCCCCCCCCCCCCC(=O)OCC(COC(=O)CCCCCC/C=C\C/C=C\C/C=C\C/C=C\CC)OC(=O)CCCCCCCCCCC/C=C\C/C=C\CCCCC. The minimum atomic E-state index is -0.797. The van der Waals surface area contributed by atoms with E-state index < -0.39 is 6.10 Å². The van der Waals surface area contributed by atoms with Gasteiger partial charge in [-0.05, 0) is 135 Å². The lowest BCUT2D eigenvalue weighted by molar-refractivity contribution is -0.167. The minimum absolute atomic E-state index is 0.0902. The zero-order valence-corrected chi connectivity index (χ0v) is 54.2. The van der Waals surface area contributed by atoms with Crippen molar-refractivity contribution in [2.45, 2.75) is 322 Å². The minimum Gasteiger partial charge on any atom is -0.462 e. The summed E-state index contributed by atoms with van der Waals surface area (Å²) in [5.41, 5.74) is 0. The summed E-state index contributed by atoms with van der Waals surface area (Å²) >= 11 is 0. The molecule has 0 aliphatic heterocycles. The zero-order chi connectivity index (χ0) is 59.9. The highest BCUT2D eigenvalue weighted by atomic mass is 16.6. The van der Waals surface area contributed by atoms with E-state index in [-0.39, 0.29) is 31.1 Å². The smallest absolute Gasteiger partial charge is 0.306 e. The highest BCUT2D eigenvalue weighted by molar-refractivity contribution is 5.71. The number of hydrogen-bond acceptors (Lipinski definition) is 6. The molecule has 0 aromatic carbocycles. The van der Waals surface area contributed by atoms with E-state index in [2.05, 4.69) is 154 Å². The van der Waals surface area contributed by atoms with Gasteiger partial charge < -0.3 is 14.2 Å². The quantitative estimate of drug-likeness (QED) is 0.0261. The number of allylic oxidation sites excluding steroid dienone is 22. The van der Waals surface area contributed by atoms with Crippen molar-refractivity contribution in [3.63, 3.8) is 0 Å². The molecule has 0 spiro atoms. The van der Waals surface area contributed by atoms with E-state index in [9.17, 15) is 14.4 Å². The standard InChI is InChI=1S/C77H128O6/c1-4-7-10-13-16-19-22-25-28-31-33-34-35-36-37-38-39-40-41-42-44-46-49-52-55-58-61-64-67-70-76(79)82-73-74(72-81-75(78)69-66-63-60-57-54-51-48-45-30-27-24-21-18-15-12-9-6-3)83-77(80)71-68-65-62-59-56-53-50-47-43-32-29-26-23-20-17-14-11-8-5-2/h7,9-10,12,16-21,25-30,33-34,36-37,48,51,74H,4-6,8,11,13-15,22-24,31-32,35,38-47,49-50,52-73H2,1-3H3/b10-7-,12-9-,19-16-,20-17-,21-18-,28-25-,29-26-,30-27-,34-33-,37-36-,51-48-. The molecule has 0 amide bonds. The molecule has 0 aromatic rings. The Bertz CT molecular complexity index is 1750. The number of hydrogen-bond donors (Lipinski definition) is 0. The van der Waals surface area contributed by atoms with Gasteiger partial charge >= 0.3 is 17.9 Å². The van der Waals surface area contributed by atoms with Crippen molar-refractivity contribution in [3.8, 4) is 0 Å². The van der Waals surface area contributed by atoms with Crippen molar-refractivity contribution in [1.29, 1.82) is 0 Å². The summed E-state index contributed by atoms with van der Waals surface area (Å²) in [7, 11) is 0. The van der Waals surface area contributed by atoms with Crippen LogP contribution in [-0.4, -0.2) is 37.2 Å². The number of carbonyl (C=O) groups is 3. The van der Waals surface area contributed by atoms with Crippen LogP contribution in [0.3, 0.4) is 0 Å². The fourth-order valence-electron chi connectivity index (χ4n) is 9.49. The molecule has 472 valence electrons. The first kappa shape index (κ1) is 78.5. The van der Waals surface area contributed by atoms with Crippen molar-refractivity contribution >= 4 is 17.9 Å². The van der Waals surface area contributed by atoms with Gasteiger partial charge in [-0.25, -0.2) is 0 Å². The Morgan fingerprint density at radius 1 is 0.253 bits per heavy atom. The van der Waals surface area contributed by atoms with Crippen LogP contribution >= 0.6 is 0 Å². The summed E-state index contributed by atoms with van der Waals surface area (Å²) in [5.74, 6) is -0.912. The molecule has 0 bridgehead atoms. The first-order valence-electron chi connectivity index (χ1n) is 34.7. The third-order valence-corrected chi connectivity index (χ3v) is 14.6. The average molecular weight is 1150 g/mol. The Balaban J connectivity index is 4.35. The Kier molecular flexibility index (Phi) is 66.3. The Morgan fingerprint density at radius 3 is 0.735 bits per heavy atom. The van der Waals surface area contributed by atoms with Crippen molar-refractivity contribution in [2.75, 3.05) is 13.2 Å². The third-order valence-electron chi connectivity index (χ3n) is 14.6. The second-order valence-electron chi connectivity index (χ2n) is 22.7. The number of esters is 3. The predicted octanol–water partition coefficient (Wildman–Crippen LogP) is 24.1. The zero-order valence-electron chi connectivity index (χ0n) is 54.2. The fourth-order valence-corrected chi connectivity index (χ4v) is 9.49. The van der Waals surface area contributed by atoms with E-state index in [0.717, 1.165) is 135 Å². The van der Waals surface area contributed by atoms with Crippen LogP contribution in [0.4, 0.5) is 0 Å². The van der Waals surface area contributed by atoms with Crippen molar-refractivity contribution in [3.05, 3.63) is 134 Å². The molecule has 0 saturated heterocycles. The molecular weight excluding hydrogens is 1020 g/mol. The van der Waals surface area contributed by atoms with Gasteiger partial charge in [0.2, 0.25) is 0 Å². The van der Waals surface area contributed by atoms with Gasteiger partial charge in [-0.3, -0.25) is 14.4 Å². The van der Waals surface area contributed by atoms with Crippen LogP contribution in [-0.2, 0) is 28.6 Å². The van der Waals surface area contributed by atoms with E-state index in [0.29, 0.717) is 19.3 Å². The first-order chi connectivity index (χ1) is 41.0. The number of rotatable bonds is 62. The van der Waals surface area contributed by atoms with Crippen LogP contribution in [0.5, 0.6) is 0 Å². The monoisotopic (exact) mass is 1150 g/mol. The molecule has 0 aromatic heterocycles. The van der Waals surface area contributed by atoms with Gasteiger partial charge in [0.05, 0.1) is 0 Å². The maximum atomic E-state index is 13.0. The molecule has 1 unspecified atom stereocenters. The van der Waals surface area contributed by atoms with Gasteiger partial charge in [0.15, 0.2) is 6.10 Å². The van der Waals surface area contributed by atoms with Crippen molar-refractivity contribution in [2.24, 2.45) is 0 Å². The van der Waals surface area contributed by atoms with E-state index in [1.165, 1.54) is 141 Å². The van der Waals surface area contributed by atoms with Crippen LogP contribution in [0.2, 0.25) is 0 Å². The molecule has 83 heavy (non-hydrogen) atoms. The van der Waals surface area contributed by atoms with Gasteiger partial charge in [0.1, 0.15) is 13.2 Å². The summed E-state index contributed by atoms with van der Waals surface area (Å²) in [6.45, 7) is 6.39. The Labute approximate surface area is 513 Å². The average Bonchev–Trinajstić information content (AvgIpc) is 3.49. The third kappa shape index (κ3) is 68.2. The maximum Gasteiger partial charge on any atom is 0.306 e. The first-order valence-corrected chi connectivity index (χ1v) is 34.7. The lowest BCUT2D eigenvalue weighted by Gasteiger charge is -2.18. The lowest BCUT2D eigenvalue weighted by Crippen LogP contribution is -2.30. The van der Waals surface area contributed by atoms with Gasteiger partial charge in [-0.15, -0.1) is 0 Å². The van der Waals surface area contributed by atoms with E-state index in [4.69, 9.17) is 14.2 Å². The molecule has 6 heteroatoms. The summed E-state index contributed by atoms with van der Waals surface area (Å²) in [5, 5.41) is 0. The van der Waals surface area contributed by atoms with Gasteiger partial charge in [0.25, 0.3) is 0 Å². The predicted molar refractivity (Wildman–Crippen MR) is 362 cm³/mol. The van der Waals surface area contributed by atoms with Crippen molar-refractivity contribution in [1.82, 2.24) is 0 Å². The van der Waals surface area contributed by atoms with Gasteiger partial charge in [-0.1, -0.05) is 296 Å². The molecule has 0 heterocycles. The number of unbranched alkanes of at least 4 members (excludes halogenated alkanes) is 29. The van der Waals surface area contributed by atoms with E-state index in [1.807, 2.05) is 0 Å². The molecule has 0 N–H and O–H groups in total. The topological polar surface area (TPSA) is 78.9 Å². The molecule has 0 radical (unpaired) electrons. The largest absolute Gasteiger partial charge is 0.462 e.